The van der Waals surface area contributed by atoms with Crippen LogP contribution in [0.5, 0.6) is 0 Å². The quantitative estimate of drug-likeness (QED) is 0.590. The number of anilines is 2. The van der Waals surface area contributed by atoms with Crippen LogP contribution in [0, 0.1) is 12.7 Å². The molecule has 0 atom stereocenters. The molecule has 132 valence electrons. The Balaban J connectivity index is 0.00000225. The van der Waals surface area contributed by atoms with Gasteiger partial charge in [0.05, 0.1) is 11.6 Å². The van der Waals surface area contributed by atoms with E-state index in [0.717, 1.165) is 39.2 Å². The van der Waals surface area contributed by atoms with Crippen LogP contribution < -0.4 is 26.9 Å². The molecule has 0 unspecified atom stereocenters. The lowest BCUT2D eigenvalue weighted by Gasteiger charge is -2.06. The number of rotatable bonds is 4. The first-order valence-electron chi connectivity index (χ1n) is 7.49. The van der Waals surface area contributed by atoms with E-state index >= 15 is 0 Å². The standard InChI is InChI=1S/C18H15Cl2FN2S.BrH/c1-3-23-17(12-4-6-14(19)11(2)8-12)10-24-18(23)22-13-5-7-16(21)15(20)9-13;/h4-10H,3H2,1-2H3;1H. The van der Waals surface area contributed by atoms with E-state index in [4.69, 9.17) is 23.2 Å². The number of hydrogen-bond donors (Lipinski definition) is 1. The summed E-state index contributed by atoms with van der Waals surface area (Å²) in [6, 6.07) is 10.6. The summed E-state index contributed by atoms with van der Waals surface area (Å²) in [4.78, 5) is 0. The maximum atomic E-state index is 13.3. The van der Waals surface area contributed by atoms with Gasteiger partial charge in [-0.15, -0.1) is 0 Å². The fraction of sp³-hybridized carbons (Fsp3) is 0.167. The van der Waals surface area contributed by atoms with Gasteiger partial charge in [-0.2, -0.15) is 0 Å². The highest BCUT2D eigenvalue weighted by atomic mass is 79.9. The number of nitrogens with one attached hydrogen (secondary N) is 1. The normalized spacial score (nSPS) is 10.4. The molecule has 2 nitrogen and oxygen atoms in total. The Bertz CT molecular complexity index is 899. The molecule has 1 N–H and O–H groups in total. The molecule has 1 aromatic heterocycles. The third-order valence-electron chi connectivity index (χ3n) is 3.76. The monoisotopic (exact) mass is 460 g/mol. The highest BCUT2D eigenvalue weighted by Crippen LogP contribution is 2.29. The van der Waals surface area contributed by atoms with E-state index in [0.29, 0.717) is 0 Å². The van der Waals surface area contributed by atoms with Crippen LogP contribution in [0.1, 0.15) is 12.5 Å². The van der Waals surface area contributed by atoms with Crippen molar-refractivity contribution in [2.75, 3.05) is 5.32 Å². The topological polar surface area (TPSA) is 15.9 Å². The highest BCUT2D eigenvalue weighted by molar-refractivity contribution is 7.13. The van der Waals surface area contributed by atoms with Crippen molar-refractivity contribution in [1.29, 1.82) is 0 Å². The van der Waals surface area contributed by atoms with Crippen LogP contribution >= 0.6 is 34.5 Å². The molecule has 0 aliphatic heterocycles. The summed E-state index contributed by atoms with van der Waals surface area (Å²) in [7, 11) is 0. The van der Waals surface area contributed by atoms with Gasteiger partial charge in [0.2, 0.25) is 0 Å². The van der Waals surface area contributed by atoms with E-state index < -0.39 is 5.82 Å². The van der Waals surface area contributed by atoms with Crippen LogP contribution in [0.4, 0.5) is 15.2 Å². The van der Waals surface area contributed by atoms with Crippen molar-refractivity contribution in [3.05, 3.63) is 63.2 Å². The molecule has 25 heavy (non-hydrogen) atoms. The second-order valence-corrected chi connectivity index (χ2v) is 7.06. The van der Waals surface area contributed by atoms with E-state index in [1.165, 1.54) is 6.07 Å². The zero-order chi connectivity index (χ0) is 17.3. The predicted octanol–water partition coefficient (Wildman–Crippen LogP) is 3.22. The molecule has 1 heterocycles. The third-order valence-corrected chi connectivity index (χ3v) is 5.36. The van der Waals surface area contributed by atoms with Crippen molar-refractivity contribution in [3.63, 3.8) is 0 Å². The van der Waals surface area contributed by atoms with Crippen molar-refractivity contribution in [3.8, 4) is 11.3 Å². The Morgan fingerprint density at radius 2 is 1.88 bits per heavy atom. The van der Waals surface area contributed by atoms with Crippen LogP contribution in [0.25, 0.3) is 11.3 Å². The van der Waals surface area contributed by atoms with Crippen molar-refractivity contribution in [2.45, 2.75) is 20.4 Å². The zero-order valence-corrected chi connectivity index (χ0v) is 17.5. The molecule has 0 radical (unpaired) electrons. The lowest BCUT2D eigenvalue weighted by atomic mass is 10.1. The van der Waals surface area contributed by atoms with Gasteiger partial charge in [0.15, 0.2) is 0 Å². The second-order valence-electron chi connectivity index (χ2n) is 5.39. The summed E-state index contributed by atoms with van der Waals surface area (Å²) in [6.45, 7) is 4.88. The van der Waals surface area contributed by atoms with E-state index in [2.05, 4.69) is 28.3 Å². The van der Waals surface area contributed by atoms with Crippen LogP contribution in [0.3, 0.4) is 0 Å². The number of nitrogens with zero attached hydrogens (tertiary/aromatic N) is 1. The van der Waals surface area contributed by atoms with E-state index in [1.807, 2.05) is 19.1 Å². The van der Waals surface area contributed by atoms with Crippen molar-refractivity contribution >= 4 is 45.4 Å². The minimum Gasteiger partial charge on any atom is -1.00 e. The van der Waals surface area contributed by atoms with Gasteiger partial charge in [0.25, 0.3) is 0 Å². The molecule has 0 aliphatic rings. The maximum Gasteiger partial charge on any atom is 0.339 e. The SMILES string of the molecule is CC[n+]1c(-c2ccc(Cl)c(C)c2)csc1Nc1ccc(F)c(Cl)c1.[Br-]. The second kappa shape index (κ2) is 8.49. The van der Waals surface area contributed by atoms with Gasteiger partial charge < -0.3 is 17.0 Å². The number of hydrogen-bond acceptors (Lipinski definition) is 2. The Morgan fingerprint density at radius 3 is 2.52 bits per heavy atom. The summed E-state index contributed by atoms with van der Waals surface area (Å²) in [5, 5.41) is 7.23. The van der Waals surface area contributed by atoms with Gasteiger partial charge >= 0.3 is 5.13 Å². The Labute approximate surface area is 171 Å². The van der Waals surface area contributed by atoms with Gasteiger partial charge in [-0.1, -0.05) is 34.5 Å². The average Bonchev–Trinajstić information content (AvgIpc) is 2.96. The molecule has 2 aromatic carbocycles. The van der Waals surface area contributed by atoms with Gasteiger partial charge in [-0.25, -0.2) is 14.3 Å². The highest BCUT2D eigenvalue weighted by Gasteiger charge is 2.19. The Hall–Kier alpha value is -1.14. The molecule has 0 aliphatic carbocycles. The van der Waals surface area contributed by atoms with E-state index in [9.17, 15) is 4.39 Å². The summed E-state index contributed by atoms with van der Waals surface area (Å²) in [6.07, 6.45) is 0. The fourth-order valence-electron chi connectivity index (χ4n) is 2.48. The third kappa shape index (κ3) is 4.34. The molecule has 0 saturated carbocycles. The summed E-state index contributed by atoms with van der Waals surface area (Å²) < 4.78 is 15.5. The summed E-state index contributed by atoms with van der Waals surface area (Å²) >= 11 is 13.6. The molecule has 0 spiro atoms. The molecule has 0 bridgehead atoms. The summed E-state index contributed by atoms with van der Waals surface area (Å²) in [5.41, 5.74) is 4.02. The molecule has 3 aromatic rings. The Kier molecular flexibility index (Phi) is 6.86. The molecule has 0 saturated heterocycles. The summed E-state index contributed by atoms with van der Waals surface area (Å²) in [5.74, 6) is -0.422. The minimum absolute atomic E-state index is 0. The zero-order valence-electron chi connectivity index (χ0n) is 13.6. The number of thiazole rings is 1. The van der Waals surface area contributed by atoms with Crippen molar-refractivity contribution < 1.29 is 25.9 Å². The molecule has 0 amide bonds. The molecule has 0 fully saturated rings. The van der Waals surface area contributed by atoms with Gasteiger partial charge in [-0.3, -0.25) is 0 Å². The van der Waals surface area contributed by atoms with Crippen molar-refractivity contribution in [2.24, 2.45) is 0 Å². The van der Waals surface area contributed by atoms with Crippen LogP contribution in [-0.4, -0.2) is 0 Å². The van der Waals surface area contributed by atoms with Crippen LogP contribution in [0.15, 0.2) is 41.8 Å². The lowest BCUT2D eigenvalue weighted by molar-refractivity contribution is -0.664. The first-order chi connectivity index (χ1) is 11.5. The van der Waals surface area contributed by atoms with Gasteiger partial charge in [0, 0.05) is 22.0 Å². The molecule has 7 heteroatoms. The smallest absolute Gasteiger partial charge is 0.339 e. The average molecular weight is 462 g/mol. The largest absolute Gasteiger partial charge is 1.00 e. The molecular weight excluding hydrogens is 446 g/mol. The molecular formula is C18H16BrCl2FN2S. The van der Waals surface area contributed by atoms with Gasteiger partial charge in [0.1, 0.15) is 17.2 Å². The minimum atomic E-state index is -0.422. The first-order valence-corrected chi connectivity index (χ1v) is 9.13. The van der Waals surface area contributed by atoms with Crippen LogP contribution in [-0.2, 0) is 6.54 Å². The number of aromatic nitrogens is 1. The van der Waals surface area contributed by atoms with E-state index in [-0.39, 0.29) is 22.0 Å². The van der Waals surface area contributed by atoms with Crippen LogP contribution in [0.2, 0.25) is 10.0 Å². The predicted molar refractivity (Wildman–Crippen MR) is 100 cm³/mol. The number of aryl methyl sites for hydroxylation is 1. The lowest BCUT2D eigenvalue weighted by Crippen LogP contribution is -3.00. The fourth-order valence-corrected chi connectivity index (χ4v) is 3.80. The number of benzene rings is 2. The maximum absolute atomic E-state index is 13.3. The van der Waals surface area contributed by atoms with Gasteiger partial charge in [-0.05, 0) is 49.7 Å². The van der Waals surface area contributed by atoms with Crippen molar-refractivity contribution in [1.82, 2.24) is 0 Å². The molecule has 3 rings (SSSR count). The Morgan fingerprint density at radius 1 is 1.12 bits per heavy atom. The number of halogens is 4. The first kappa shape index (κ1) is 20.2. The van der Waals surface area contributed by atoms with E-state index in [1.54, 1.807) is 23.5 Å².